The highest BCUT2D eigenvalue weighted by Crippen LogP contribution is 2.14. The highest BCUT2D eigenvalue weighted by Gasteiger charge is 2.05. The first-order valence-corrected chi connectivity index (χ1v) is 4.09. The van der Waals surface area contributed by atoms with Crippen LogP contribution in [-0.2, 0) is 7.05 Å². The zero-order chi connectivity index (χ0) is 8.72. The molecule has 0 bridgehead atoms. The van der Waals surface area contributed by atoms with Crippen LogP contribution in [0.1, 0.15) is 0 Å². The molecule has 0 saturated carbocycles. The van der Waals surface area contributed by atoms with Gasteiger partial charge in [0.25, 0.3) is 0 Å². The van der Waals surface area contributed by atoms with Crippen molar-refractivity contribution in [2.75, 3.05) is 0 Å². The van der Waals surface area contributed by atoms with Crippen molar-refractivity contribution >= 4 is 27.2 Å². The maximum absolute atomic E-state index is 11.0. The number of halogens is 1. The molecule has 0 aliphatic heterocycles. The summed E-state index contributed by atoms with van der Waals surface area (Å²) in [5.41, 5.74) is 1.06. The van der Waals surface area contributed by atoms with Crippen LogP contribution in [0.15, 0.2) is 25.9 Å². The molecule has 2 aromatic rings. The Hall–Kier alpha value is -1.10. The molecule has 0 amide bonds. The summed E-state index contributed by atoms with van der Waals surface area (Å²) in [6.07, 6.45) is 1.59. The van der Waals surface area contributed by atoms with E-state index < -0.39 is 5.76 Å². The van der Waals surface area contributed by atoms with E-state index in [2.05, 4.69) is 20.9 Å². The van der Waals surface area contributed by atoms with Crippen LogP contribution in [0, 0.1) is 0 Å². The van der Waals surface area contributed by atoms with Crippen molar-refractivity contribution in [2.24, 2.45) is 7.05 Å². The van der Waals surface area contributed by atoms with E-state index in [-0.39, 0.29) is 0 Å². The van der Waals surface area contributed by atoms with Gasteiger partial charge in [-0.3, -0.25) is 4.57 Å². The highest BCUT2D eigenvalue weighted by molar-refractivity contribution is 9.10. The van der Waals surface area contributed by atoms with E-state index in [1.54, 1.807) is 19.3 Å². The Kier molecular flexibility index (Phi) is 1.54. The van der Waals surface area contributed by atoms with Crippen LogP contribution < -0.4 is 5.76 Å². The molecule has 0 unspecified atom stereocenters. The van der Waals surface area contributed by atoms with E-state index in [9.17, 15) is 4.79 Å². The van der Waals surface area contributed by atoms with Crippen molar-refractivity contribution in [3.05, 3.63) is 27.3 Å². The molecule has 12 heavy (non-hydrogen) atoms. The third-order valence-corrected chi connectivity index (χ3v) is 2.05. The van der Waals surface area contributed by atoms with Crippen molar-refractivity contribution in [1.29, 1.82) is 0 Å². The molecule has 0 N–H and O–H groups in total. The minimum Gasteiger partial charge on any atom is -0.389 e. The Labute approximate surface area is 76.0 Å². The molecule has 2 rings (SSSR count). The number of aryl methyl sites for hydroxylation is 1. The maximum atomic E-state index is 11.0. The monoisotopic (exact) mass is 228 g/mol. The van der Waals surface area contributed by atoms with Gasteiger partial charge < -0.3 is 4.42 Å². The van der Waals surface area contributed by atoms with Gasteiger partial charge >= 0.3 is 5.76 Å². The predicted octanol–water partition coefficient (Wildman–Crippen LogP) is 1.29. The summed E-state index contributed by atoms with van der Waals surface area (Å²) in [7, 11) is 1.64. The van der Waals surface area contributed by atoms with Gasteiger partial charge in [-0.2, -0.15) is 0 Å². The van der Waals surface area contributed by atoms with Gasteiger partial charge in [-0.25, -0.2) is 9.78 Å². The average molecular weight is 229 g/mol. The lowest BCUT2D eigenvalue weighted by Gasteiger charge is -1.90. The normalized spacial score (nSPS) is 10.8. The van der Waals surface area contributed by atoms with Crippen LogP contribution in [0.25, 0.3) is 11.2 Å². The number of pyridine rings is 1. The molecule has 0 fully saturated rings. The summed E-state index contributed by atoms with van der Waals surface area (Å²) in [5.74, 6) is -0.393. The maximum Gasteiger partial charge on any atom is 0.421 e. The molecule has 5 heteroatoms. The van der Waals surface area contributed by atoms with E-state index in [1.807, 2.05) is 0 Å². The second kappa shape index (κ2) is 2.45. The molecule has 2 heterocycles. The van der Waals surface area contributed by atoms with E-state index in [0.717, 1.165) is 4.47 Å². The molecule has 62 valence electrons. The summed E-state index contributed by atoms with van der Waals surface area (Å²) in [5, 5.41) is 0. The number of aromatic nitrogens is 2. The van der Waals surface area contributed by atoms with Crippen molar-refractivity contribution in [3.8, 4) is 0 Å². The van der Waals surface area contributed by atoms with Gasteiger partial charge in [-0.05, 0) is 22.0 Å². The lowest BCUT2D eigenvalue weighted by atomic mass is 10.4. The quantitative estimate of drug-likeness (QED) is 0.683. The first-order valence-electron chi connectivity index (χ1n) is 3.29. The van der Waals surface area contributed by atoms with Crippen LogP contribution in [0.4, 0.5) is 0 Å². The second-order valence-electron chi connectivity index (χ2n) is 2.40. The fourth-order valence-electron chi connectivity index (χ4n) is 0.984. The van der Waals surface area contributed by atoms with Crippen molar-refractivity contribution < 1.29 is 4.42 Å². The number of hydrogen-bond donors (Lipinski definition) is 0. The van der Waals surface area contributed by atoms with E-state index in [1.165, 1.54) is 4.57 Å². The van der Waals surface area contributed by atoms with Gasteiger partial charge in [0, 0.05) is 17.7 Å². The van der Waals surface area contributed by atoms with Gasteiger partial charge in [0.15, 0.2) is 0 Å². The first kappa shape index (κ1) is 7.54. The molecule has 0 aliphatic carbocycles. The fourth-order valence-corrected chi connectivity index (χ4v) is 1.30. The summed E-state index contributed by atoms with van der Waals surface area (Å²) >= 11 is 3.26. The van der Waals surface area contributed by atoms with E-state index >= 15 is 0 Å². The number of nitrogens with zero attached hydrogens (tertiary/aromatic N) is 2. The number of hydrogen-bond acceptors (Lipinski definition) is 3. The molecular weight excluding hydrogens is 224 g/mol. The van der Waals surface area contributed by atoms with Crippen LogP contribution in [0.3, 0.4) is 0 Å². The third-order valence-electron chi connectivity index (χ3n) is 1.62. The molecule has 0 atom stereocenters. The van der Waals surface area contributed by atoms with Gasteiger partial charge in [0.2, 0.25) is 5.71 Å². The predicted molar refractivity (Wildman–Crippen MR) is 47.0 cm³/mol. The number of rotatable bonds is 0. The lowest BCUT2D eigenvalue weighted by Crippen LogP contribution is -2.08. The van der Waals surface area contributed by atoms with E-state index in [0.29, 0.717) is 11.2 Å². The smallest absolute Gasteiger partial charge is 0.389 e. The summed E-state index contributed by atoms with van der Waals surface area (Å²) < 4.78 is 7.06. The number of fused-ring (bicyclic) bond motifs is 1. The Morgan fingerprint density at radius 2 is 2.42 bits per heavy atom. The minimum absolute atomic E-state index is 0.366. The summed E-state index contributed by atoms with van der Waals surface area (Å²) in [4.78, 5) is 14.9. The van der Waals surface area contributed by atoms with Crippen LogP contribution in [0.2, 0.25) is 0 Å². The first-order chi connectivity index (χ1) is 5.68. The van der Waals surface area contributed by atoms with Crippen molar-refractivity contribution in [3.63, 3.8) is 0 Å². The fraction of sp³-hybridized carbons (Fsp3) is 0.143. The largest absolute Gasteiger partial charge is 0.421 e. The van der Waals surface area contributed by atoms with Gasteiger partial charge in [0.05, 0.1) is 0 Å². The lowest BCUT2D eigenvalue weighted by molar-refractivity contribution is 0.520. The molecule has 0 aliphatic rings. The molecular formula is C7H5BrN2O2. The Morgan fingerprint density at radius 3 is 3.17 bits per heavy atom. The summed E-state index contributed by atoms with van der Waals surface area (Å²) in [6, 6.07) is 1.78. The average Bonchev–Trinajstić information content (AvgIpc) is 2.31. The Balaban J connectivity index is 2.98. The standard InChI is InChI=1S/C7H5BrN2O2/c1-10-5-2-4(8)3-9-6(5)12-7(10)11/h2-3H,1H3. The van der Waals surface area contributed by atoms with E-state index in [4.69, 9.17) is 4.42 Å². The van der Waals surface area contributed by atoms with Crippen LogP contribution >= 0.6 is 15.9 Å². The molecule has 0 spiro atoms. The SMILES string of the molecule is Cn1c(=O)oc2ncc(Br)cc21. The molecule has 0 saturated heterocycles. The van der Waals surface area contributed by atoms with Gasteiger partial charge in [0.1, 0.15) is 5.52 Å². The highest BCUT2D eigenvalue weighted by atomic mass is 79.9. The zero-order valence-electron chi connectivity index (χ0n) is 6.24. The van der Waals surface area contributed by atoms with Crippen LogP contribution in [0.5, 0.6) is 0 Å². The third kappa shape index (κ3) is 0.972. The molecule has 0 aromatic carbocycles. The second-order valence-corrected chi connectivity index (χ2v) is 3.32. The van der Waals surface area contributed by atoms with Crippen LogP contribution in [-0.4, -0.2) is 9.55 Å². The Morgan fingerprint density at radius 1 is 1.67 bits per heavy atom. The molecule has 2 aromatic heterocycles. The van der Waals surface area contributed by atoms with Crippen molar-refractivity contribution in [1.82, 2.24) is 9.55 Å². The zero-order valence-corrected chi connectivity index (χ0v) is 7.83. The molecule has 4 nitrogen and oxygen atoms in total. The van der Waals surface area contributed by atoms with Gasteiger partial charge in [-0.1, -0.05) is 0 Å². The van der Waals surface area contributed by atoms with Crippen molar-refractivity contribution in [2.45, 2.75) is 0 Å². The Bertz CT molecular complexity index is 486. The molecule has 0 radical (unpaired) electrons. The van der Waals surface area contributed by atoms with Gasteiger partial charge in [-0.15, -0.1) is 0 Å². The minimum atomic E-state index is -0.393. The topological polar surface area (TPSA) is 48.0 Å². The summed E-state index contributed by atoms with van der Waals surface area (Å²) in [6.45, 7) is 0. The number of oxazole rings is 1.